The first-order valence-corrected chi connectivity index (χ1v) is 11.1. The van der Waals surface area contributed by atoms with Gasteiger partial charge in [0, 0.05) is 17.3 Å². The first-order chi connectivity index (χ1) is 11.8. The lowest BCUT2D eigenvalue weighted by atomic mass is 9.82. The van der Waals surface area contributed by atoms with Crippen LogP contribution >= 0.6 is 15.9 Å². The number of benzene rings is 1. The first-order valence-electron chi connectivity index (χ1n) is 8.73. The number of hydrogen-bond acceptors (Lipinski definition) is 3. The van der Waals surface area contributed by atoms with Gasteiger partial charge >= 0.3 is 0 Å². The molecule has 3 rings (SSSR count). The third-order valence-electron chi connectivity index (χ3n) is 5.46. The van der Waals surface area contributed by atoms with Crippen LogP contribution in [0.2, 0.25) is 0 Å². The highest BCUT2D eigenvalue weighted by Crippen LogP contribution is 2.48. The number of Topliss-reactive ketones (excluding diaryl/α,β-unsaturated/α-hetero) is 1. The molecule has 2 fully saturated rings. The van der Waals surface area contributed by atoms with Gasteiger partial charge in [-0.3, -0.25) is 4.79 Å². The SMILES string of the molecule is C=CC[C@@H]1CC[C@@H](Br)[C@@]2(CCCC2=O)N1S(=O)(=O)c1ccc(C)cc1. The summed E-state index contributed by atoms with van der Waals surface area (Å²) in [7, 11) is -3.77. The van der Waals surface area contributed by atoms with Crippen LogP contribution in [-0.4, -0.2) is 34.9 Å². The van der Waals surface area contributed by atoms with E-state index in [-0.39, 0.29) is 21.5 Å². The van der Waals surface area contributed by atoms with E-state index >= 15 is 0 Å². The number of halogens is 1. The summed E-state index contributed by atoms with van der Waals surface area (Å²) >= 11 is 3.66. The van der Waals surface area contributed by atoms with E-state index in [9.17, 15) is 13.2 Å². The van der Waals surface area contributed by atoms with Crippen molar-refractivity contribution in [3.8, 4) is 0 Å². The van der Waals surface area contributed by atoms with Crippen molar-refractivity contribution < 1.29 is 13.2 Å². The van der Waals surface area contributed by atoms with Crippen LogP contribution in [-0.2, 0) is 14.8 Å². The fourth-order valence-corrected chi connectivity index (χ4v) is 7.38. The maximum atomic E-state index is 13.6. The first kappa shape index (κ1) is 18.8. The molecule has 6 heteroatoms. The molecule has 0 amide bonds. The number of alkyl halides is 1. The normalized spacial score (nSPS) is 30.7. The molecule has 3 atom stereocenters. The Bertz CT molecular complexity index is 774. The zero-order valence-electron chi connectivity index (χ0n) is 14.4. The smallest absolute Gasteiger partial charge is 0.244 e. The summed E-state index contributed by atoms with van der Waals surface area (Å²) in [4.78, 5) is 13.0. The van der Waals surface area contributed by atoms with Gasteiger partial charge in [0.05, 0.1) is 4.90 Å². The van der Waals surface area contributed by atoms with E-state index in [0.717, 1.165) is 24.8 Å². The Labute approximate surface area is 158 Å². The van der Waals surface area contributed by atoms with Crippen molar-refractivity contribution in [2.45, 2.75) is 66.8 Å². The third kappa shape index (κ3) is 3.02. The Balaban J connectivity index is 2.16. The minimum atomic E-state index is -3.77. The summed E-state index contributed by atoms with van der Waals surface area (Å²) in [5, 5.41) is 0. The van der Waals surface area contributed by atoms with E-state index in [2.05, 4.69) is 22.5 Å². The zero-order valence-corrected chi connectivity index (χ0v) is 16.9. The number of carbonyl (C=O) groups is 1. The number of carbonyl (C=O) groups excluding carboxylic acids is 1. The minimum Gasteiger partial charge on any atom is -0.298 e. The molecule has 0 unspecified atom stereocenters. The van der Waals surface area contributed by atoms with Crippen LogP contribution in [0.3, 0.4) is 0 Å². The molecular weight excluding hydrogens is 402 g/mol. The molecule has 1 aromatic carbocycles. The second-order valence-electron chi connectivity index (χ2n) is 7.04. The number of hydrogen-bond donors (Lipinski definition) is 0. The molecular formula is C19H24BrNO3S. The summed E-state index contributed by atoms with van der Waals surface area (Å²) in [5.41, 5.74) is 0.0422. The van der Waals surface area contributed by atoms with E-state index < -0.39 is 15.6 Å². The van der Waals surface area contributed by atoms with Crippen molar-refractivity contribution in [2.75, 3.05) is 0 Å². The second-order valence-corrected chi connectivity index (χ2v) is 9.96. The molecule has 1 heterocycles. The fraction of sp³-hybridized carbons (Fsp3) is 0.526. The van der Waals surface area contributed by atoms with Gasteiger partial charge in [-0.15, -0.1) is 6.58 Å². The van der Waals surface area contributed by atoms with Crippen LogP contribution in [0.1, 0.15) is 44.1 Å². The van der Waals surface area contributed by atoms with Crippen LogP contribution < -0.4 is 0 Å². The highest BCUT2D eigenvalue weighted by atomic mass is 79.9. The highest BCUT2D eigenvalue weighted by molar-refractivity contribution is 9.09. The Kier molecular flexibility index (Phi) is 5.24. The molecule has 0 radical (unpaired) electrons. The van der Waals surface area contributed by atoms with E-state index in [1.807, 2.05) is 6.92 Å². The number of ketones is 1. The summed E-state index contributed by atoms with van der Waals surface area (Å²) in [6, 6.07) is 6.66. The van der Waals surface area contributed by atoms with Crippen molar-refractivity contribution in [1.82, 2.24) is 4.31 Å². The summed E-state index contributed by atoms with van der Waals surface area (Å²) < 4.78 is 28.6. The molecule has 2 aliphatic rings. The molecule has 1 aromatic rings. The van der Waals surface area contributed by atoms with E-state index in [1.165, 1.54) is 4.31 Å². The standard InChI is InChI=1S/C19H24BrNO3S/c1-3-5-15-9-12-17(20)19(13-4-6-18(19)22)21(15)25(23,24)16-10-7-14(2)8-11-16/h3,7-8,10-11,15,17H,1,4-6,9,12-13H2,2H3/t15-,17-,19-/m1/s1. The molecule has 1 saturated heterocycles. The average Bonchev–Trinajstić information content (AvgIpc) is 2.94. The average molecular weight is 426 g/mol. The number of rotatable bonds is 4. The van der Waals surface area contributed by atoms with Crippen LogP contribution in [0.15, 0.2) is 41.8 Å². The summed E-state index contributed by atoms with van der Waals surface area (Å²) in [6.45, 7) is 5.72. The monoisotopic (exact) mass is 425 g/mol. The van der Waals surface area contributed by atoms with Crippen molar-refractivity contribution in [1.29, 1.82) is 0 Å². The Hall–Kier alpha value is -0.980. The molecule has 1 saturated carbocycles. The van der Waals surface area contributed by atoms with E-state index in [4.69, 9.17) is 0 Å². The van der Waals surface area contributed by atoms with E-state index in [1.54, 1.807) is 30.3 Å². The summed E-state index contributed by atoms with van der Waals surface area (Å²) in [6.07, 6.45) is 5.60. The van der Waals surface area contributed by atoms with Gasteiger partial charge in [-0.2, -0.15) is 4.31 Å². The molecule has 1 spiro atoms. The lowest BCUT2D eigenvalue weighted by Crippen LogP contribution is -2.65. The van der Waals surface area contributed by atoms with Crippen LogP contribution in [0.4, 0.5) is 0 Å². The van der Waals surface area contributed by atoms with Crippen molar-refractivity contribution >= 4 is 31.7 Å². The predicted octanol–water partition coefficient (Wildman–Crippen LogP) is 3.98. The fourth-order valence-electron chi connectivity index (χ4n) is 4.24. The van der Waals surface area contributed by atoms with Gasteiger partial charge in [-0.1, -0.05) is 39.7 Å². The lowest BCUT2D eigenvalue weighted by Gasteiger charge is -2.50. The maximum Gasteiger partial charge on any atom is 0.244 e. The van der Waals surface area contributed by atoms with Gasteiger partial charge in [0.1, 0.15) is 5.54 Å². The molecule has 136 valence electrons. The Morgan fingerprint density at radius 1 is 1.32 bits per heavy atom. The lowest BCUT2D eigenvalue weighted by molar-refractivity contribution is -0.127. The molecule has 0 N–H and O–H groups in total. The highest BCUT2D eigenvalue weighted by Gasteiger charge is 2.59. The van der Waals surface area contributed by atoms with Crippen LogP contribution in [0, 0.1) is 6.92 Å². The van der Waals surface area contributed by atoms with Crippen molar-refractivity contribution in [3.63, 3.8) is 0 Å². The molecule has 1 aliphatic heterocycles. The molecule has 1 aliphatic carbocycles. The quantitative estimate of drug-likeness (QED) is 0.541. The number of aryl methyl sites for hydroxylation is 1. The summed E-state index contributed by atoms with van der Waals surface area (Å²) in [5.74, 6) is 0.0406. The van der Waals surface area contributed by atoms with Gasteiger partial charge in [-0.05, 0) is 51.2 Å². The molecule has 25 heavy (non-hydrogen) atoms. The molecule has 4 nitrogen and oxygen atoms in total. The topological polar surface area (TPSA) is 54.5 Å². The zero-order chi connectivity index (χ0) is 18.2. The minimum absolute atomic E-state index is 0.0406. The Morgan fingerprint density at radius 2 is 2.00 bits per heavy atom. The van der Waals surface area contributed by atoms with Gasteiger partial charge in [0.15, 0.2) is 5.78 Å². The number of sulfonamides is 1. The number of piperidine rings is 1. The largest absolute Gasteiger partial charge is 0.298 e. The third-order valence-corrected chi connectivity index (χ3v) is 8.68. The van der Waals surface area contributed by atoms with Crippen LogP contribution in [0.25, 0.3) is 0 Å². The Morgan fingerprint density at radius 3 is 2.56 bits per heavy atom. The molecule has 0 bridgehead atoms. The maximum absolute atomic E-state index is 13.6. The predicted molar refractivity (Wildman–Crippen MR) is 102 cm³/mol. The van der Waals surface area contributed by atoms with Crippen LogP contribution in [0.5, 0.6) is 0 Å². The molecule has 0 aromatic heterocycles. The van der Waals surface area contributed by atoms with Crippen molar-refractivity contribution in [2.24, 2.45) is 0 Å². The number of nitrogens with zero attached hydrogens (tertiary/aromatic N) is 1. The second kappa shape index (κ2) is 6.97. The van der Waals surface area contributed by atoms with Gasteiger partial charge in [0.25, 0.3) is 0 Å². The van der Waals surface area contributed by atoms with Crippen molar-refractivity contribution in [3.05, 3.63) is 42.5 Å². The van der Waals surface area contributed by atoms with Gasteiger partial charge < -0.3 is 0 Å². The van der Waals surface area contributed by atoms with E-state index in [0.29, 0.717) is 19.3 Å². The van der Waals surface area contributed by atoms with Gasteiger partial charge in [0.2, 0.25) is 10.0 Å². The van der Waals surface area contributed by atoms with Gasteiger partial charge in [-0.25, -0.2) is 8.42 Å².